The fraction of sp³-hybridized carbons (Fsp3) is 0.125. The highest BCUT2D eigenvalue weighted by atomic mass is 35.5. The highest BCUT2D eigenvalue weighted by Gasteiger charge is 2.16. The van der Waals surface area contributed by atoms with Gasteiger partial charge in [-0.05, 0) is 23.7 Å². The van der Waals surface area contributed by atoms with E-state index < -0.39 is 16.8 Å². The Morgan fingerprint density at radius 3 is 2.73 bits per heavy atom. The summed E-state index contributed by atoms with van der Waals surface area (Å²) in [4.78, 5) is 20.3. The SMILES string of the molecule is O=C(Cl)COc1ccc(Cl)cc1[N+](=O)[O-]. The number of carbonyl (C=O) groups excluding carboxylic acids is 1. The molecule has 5 nitrogen and oxygen atoms in total. The van der Waals surface area contributed by atoms with Crippen LogP contribution in [0, 0.1) is 10.1 Å². The standard InChI is InChI=1S/C8H5Cl2NO4/c9-5-1-2-7(15-4-8(10)12)6(3-5)11(13)14/h1-3H,4H2. The minimum Gasteiger partial charge on any atom is -0.477 e. The average Bonchev–Trinajstić information content (AvgIpc) is 2.15. The van der Waals surface area contributed by atoms with Crippen LogP contribution in [0.3, 0.4) is 0 Å². The minimum atomic E-state index is -0.737. The Morgan fingerprint density at radius 2 is 2.20 bits per heavy atom. The summed E-state index contributed by atoms with van der Waals surface area (Å²) in [6, 6.07) is 3.86. The summed E-state index contributed by atoms with van der Waals surface area (Å²) >= 11 is 10.6. The van der Waals surface area contributed by atoms with Crippen molar-refractivity contribution in [2.24, 2.45) is 0 Å². The maximum Gasteiger partial charge on any atom is 0.312 e. The van der Waals surface area contributed by atoms with Crippen LogP contribution >= 0.6 is 23.2 Å². The quantitative estimate of drug-likeness (QED) is 0.467. The van der Waals surface area contributed by atoms with Gasteiger partial charge in [0.25, 0.3) is 5.24 Å². The van der Waals surface area contributed by atoms with Gasteiger partial charge in [0.2, 0.25) is 0 Å². The lowest BCUT2D eigenvalue weighted by atomic mass is 10.3. The van der Waals surface area contributed by atoms with Crippen LogP contribution in [-0.2, 0) is 4.79 Å². The van der Waals surface area contributed by atoms with E-state index in [0.717, 1.165) is 6.07 Å². The molecule has 0 fully saturated rings. The molecule has 0 saturated heterocycles. The molecule has 0 N–H and O–H groups in total. The van der Waals surface area contributed by atoms with Gasteiger partial charge in [0.05, 0.1) is 4.92 Å². The van der Waals surface area contributed by atoms with Gasteiger partial charge in [-0.15, -0.1) is 0 Å². The van der Waals surface area contributed by atoms with Crippen molar-refractivity contribution in [3.05, 3.63) is 33.3 Å². The normalized spacial score (nSPS) is 9.73. The molecule has 0 bridgehead atoms. The summed E-state index contributed by atoms with van der Waals surface area (Å²) in [5.74, 6) is -0.0431. The molecule has 7 heteroatoms. The lowest BCUT2D eigenvalue weighted by Crippen LogP contribution is -2.06. The van der Waals surface area contributed by atoms with Gasteiger partial charge >= 0.3 is 5.69 Å². The van der Waals surface area contributed by atoms with Crippen molar-refractivity contribution in [1.82, 2.24) is 0 Å². The van der Waals surface area contributed by atoms with Gasteiger partial charge < -0.3 is 4.74 Å². The summed E-state index contributed by atoms with van der Waals surface area (Å²) in [6.45, 7) is -0.427. The summed E-state index contributed by atoms with van der Waals surface area (Å²) < 4.78 is 4.83. The number of carbonyl (C=O) groups is 1. The van der Waals surface area contributed by atoms with Crippen LogP contribution in [-0.4, -0.2) is 16.8 Å². The molecular weight excluding hydrogens is 245 g/mol. The monoisotopic (exact) mass is 249 g/mol. The molecule has 1 rings (SSSR count). The number of hydrogen-bond donors (Lipinski definition) is 0. The first-order valence-corrected chi connectivity index (χ1v) is 4.51. The zero-order chi connectivity index (χ0) is 11.4. The zero-order valence-electron chi connectivity index (χ0n) is 7.28. The third kappa shape index (κ3) is 3.38. The van der Waals surface area contributed by atoms with E-state index in [9.17, 15) is 14.9 Å². The molecule has 0 aliphatic rings. The fourth-order valence-corrected chi connectivity index (χ4v) is 1.11. The molecule has 0 atom stereocenters. The number of ether oxygens (including phenoxy) is 1. The van der Waals surface area contributed by atoms with Gasteiger partial charge in [-0.25, -0.2) is 0 Å². The zero-order valence-corrected chi connectivity index (χ0v) is 8.79. The Balaban J connectivity index is 2.95. The molecule has 1 aromatic carbocycles. The smallest absolute Gasteiger partial charge is 0.312 e. The molecule has 80 valence electrons. The van der Waals surface area contributed by atoms with Crippen molar-refractivity contribution >= 4 is 34.1 Å². The minimum absolute atomic E-state index is 0.0431. The van der Waals surface area contributed by atoms with Gasteiger partial charge in [0.1, 0.15) is 0 Å². The number of nitro benzene ring substituents is 1. The molecule has 0 heterocycles. The van der Waals surface area contributed by atoms with E-state index in [1.54, 1.807) is 0 Å². The van der Waals surface area contributed by atoms with E-state index in [-0.39, 0.29) is 16.5 Å². The second-order valence-corrected chi connectivity index (χ2v) is 3.37. The predicted octanol–water partition coefficient (Wildman–Crippen LogP) is 2.39. The van der Waals surface area contributed by atoms with Crippen LogP contribution in [0.5, 0.6) is 5.75 Å². The van der Waals surface area contributed by atoms with E-state index in [2.05, 4.69) is 0 Å². The molecule has 0 aliphatic carbocycles. The second kappa shape index (κ2) is 4.95. The van der Waals surface area contributed by atoms with E-state index in [0.29, 0.717) is 0 Å². The number of rotatable bonds is 4. The average molecular weight is 250 g/mol. The maximum atomic E-state index is 10.6. The Kier molecular flexibility index (Phi) is 3.88. The van der Waals surface area contributed by atoms with Crippen molar-refractivity contribution in [2.75, 3.05) is 6.61 Å². The van der Waals surface area contributed by atoms with Gasteiger partial charge in [0.15, 0.2) is 12.4 Å². The molecule has 0 amide bonds. The van der Waals surface area contributed by atoms with Crippen LogP contribution in [0.4, 0.5) is 5.69 Å². The molecule has 0 spiro atoms. The Labute approximate surface area is 94.7 Å². The molecule has 0 aliphatic heterocycles. The lowest BCUT2D eigenvalue weighted by Gasteiger charge is -2.03. The van der Waals surface area contributed by atoms with Crippen LogP contribution < -0.4 is 4.74 Å². The third-order valence-electron chi connectivity index (χ3n) is 1.46. The summed E-state index contributed by atoms with van der Waals surface area (Å²) in [5, 5.41) is 10.0. The van der Waals surface area contributed by atoms with E-state index in [4.69, 9.17) is 27.9 Å². The molecule has 0 unspecified atom stereocenters. The molecule has 0 saturated carbocycles. The Bertz CT molecular complexity index is 408. The van der Waals surface area contributed by atoms with Crippen molar-refractivity contribution in [3.63, 3.8) is 0 Å². The molecule has 0 radical (unpaired) electrons. The highest BCUT2D eigenvalue weighted by molar-refractivity contribution is 6.63. The first-order chi connectivity index (χ1) is 7.00. The number of nitrogens with zero attached hydrogens (tertiary/aromatic N) is 1. The fourth-order valence-electron chi connectivity index (χ4n) is 0.890. The topological polar surface area (TPSA) is 69.4 Å². The highest BCUT2D eigenvalue weighted by Crippen LogP contribution is 2.29. The molecular formula is C8H5Cl2NO4. The molecule has 0 aromatic heterocycles. The Hall–Kier alpha value is -1.33. The number of hydrogen-bond acceptors (Lipinski definition) is 4. The number of nitro groups is 1. The van der Waals surface area contributed by atoms with Gasteiger partial charge in [-0.2, -0.15) is 0 Å². The summed E-state index contributed by atoms with van der Waals surface area (Å²) in [7, 11) is 0. The van der Waals surface area contributed by atoms with Gasteiger partial charge in [-0.1, -0.05) is 11.6 Å². The molecule has 1 aromatic rings. The number of benzene rings is 1. The van der Waals surface area contributed by atoms with E-state index >= 15 is 0 Å². The third-order valence-corrected chi connectivity index (χ3v) is 1.80. The number of halogens is 2. The van der Waals surface area contributed by atoms with Crippen LogP contribution in [0.15, 0.2) is 18.2 Å². The maximum absolute atomic E-state index is 10.6. The second-order valence-electron chi connectivity index (χ2n) is 2.51. The van der Waals surface area contributed by atoms with Crippen LogP contribution in [0.2, 0.25) is 5.02 Å². The van der Waals surface area contributed by atoms with Crippen LogP contribution in [0.1, 0.15) is 0 Å². The van der Waals surface area contributed by atoms with E-state index in [1.807, 2.05) is 0 Å². The predicted molar refractivity (Wildman–Crippen MR) is 54.5 cm³/mol. The largest absolute Gasteiger partial charge is 0.477 e. The summed E-state index contributed by atoms with van der Waals surface area (Å²) in [6.07, 6.45) is 0. The first-order valence-electron chi connectivity index (χ1n) is 3.76. The van der Waals surface area contributed by atoms with Crippen molar-refractivity contribution < 1.29 is 14.5 Å². The van der Waals surface area contributed by atoms with Gasteiger partial charge in [0, 0.05) is 11.1 Å². The van der Waals surface area contributed by atoms with Crippen LogP contribution in [0.25, 0.3) is 0 Å². The molecule has 15 heavy (non-hydrogen) atoms. The van der Waals surface area contributed by atoms with Crippen molar-refractivity contribution in [1.29, 1.82) is 0 Å². The van der Waals surface area contributed by atoms with Gasteiger partial charge in [-0.3, -0.25) is 14.9 Å². The Morgan fingerprint density at radius 1 is 1.53 bits per heavy atom. The lowest BCUT2D eigenvalue weighted by molar-refractivity contribution is -0.385. The van der Waals surface area contributed by atoms with E-state index in [1.165, 1.54) is 12.1 Å². The summed E-state index contributed by atoms with van der Waals surface area (Å²) in [5.41, 5.74) is -0.305. The first kappa shape index (κ1) is 11.7. The van der Waals surface area contributed by atoms with Crippen molar-refractivity contribution in [3.8, 4) is 5.75 Å². The van der Waals surface area contributed by atoms with Crippen molar-refractivity contribution in [2.45, 2.75) is 0 Å².